The zero-order valence-corrected chi connectivity index (χ0v) is 15.9. The van der Waals surface area contributed by atoms with Crippen molar-refractivity contribution in [3.63, 3.8) is 0 Å². The van der Waals surface area contributed by atoms with Crippen molar-refractivity contribution in [2.24, 2.45) is 0 Å². The predicted octanol–water partition coefficient (Wildman–Crippen LogP) is 5.03. The van der Waals surface area contributed by atoms with Gasteiger partial charge in [-0.2, -0.15) is 0 Å². The van der Waals surface area contributed by atoms with Crippen LogP contribution in [0.4, 0.5) is 5.69 Å². The van der Waals surface area contributed by atoms with Crippen LogP contribution in [0.1, 0.15) is 25.3 Å². The third kappa shape index (κ3) is 4.47. The van der Waals surface area contributed by atoms with E-state index in [2.05, 4.69) is 60.5 Å². The van der Waals surface area contributed by atoms with Crippen LogP contribution >= 0.6 is 23.4 Å². The molecule has 1 saturated heterocycles. The van der Waals surface area contributed by atoms with Crippen LogP contribution in [0.25, 0.3) is 0 Å². The molecule has 0 radical (unpaired) electrons. The van der Waals surface area contributed by atoms with E-state index in [-0.39, 0.29) is 0 Å². The van der Waals surface area contributed by atoms with E-state index in [4.69, 9.17) is 11.6 Å². The smallest absolute Gasteiger partial charge is 0.0509 e. The van der Waals surface area contributed by atoms with Gasteiger partial charge in [0.2, 0.25) is 0 Å². The summed E-state index contributed by atoms with van der Waals surface area (Å²) in [6, 6.07) is 17.7. The highest BCUT2D eigenvalue weighted by Crippen LogP contribution is 2.26. The van der Waals surface area contributed by atoms with Crippen molar-refractivity contribution >= 4 is 29.1 Å². The summed E-state index contributed by atoms with van der Waals surface area (Å²) in [6.07, 6.45) is 0. The second kappa shape index (κ2) is 8.28. The first kappa shape index (κ1) is 17.7. The van der Waals surface area contributed by atoms with Crippen LogP contribution in [0.15, 0.2) is 53.4 Å². The first-order valence-corrected chi connectivity index (χ1v) is 9.95. The highest BCUT2D eigenvalue weighted by atomic mass is 35.5. The van der Waals surface area contributed by atoms with Gasteiger partial charge in [0.25, 0.3) is 0 Å². The highest BCUT2D eigenvalue weighted by molar-refractivity contribution is 7.99. The van der Waals surface area contributed by atoms with Crippen molar-refractivity contribution < 1.29 is 0 Å². The van der Waals surface area contributed by atoms with Crippen LogP contribution in [-0.2, 0) is 0 Å². The minimum Gasteiger partial charge on any atom is -0.365 e. The summed E-state index contributed by atoms with van der Waals surface area (Å²) in [4.78, 5) is 3.82. The number of thioether (sulfide) groups is 1. The molecule has 2 nitrogen and oxygen atoms in total. The van der Waals surface area contributed by atoms with Gasteiger partial charge >= 0.3 is 0 Å². The molecule has 0 saturated carbocycles. The summed E-state index contributed by atoms with van der Waals surface area (Å²) in [5, 5.41) is 4.33. The third-order valence-electron chi connectivity index (χ3n) is 4.50. The maximum Gasteiger partial charge on any atom is 0.0509 e. The molecule has 1 unspecified atom stereocenters. The Bertz CT molecular complexity index is 640. The van der Waals surface area contributed by atoms with Crippen molar-refractivity contribution in [1.29, 1.82) is 0 Å². The molecule has 1 N–H and O–H groups in total. The lowest BCUT2D eigenvalue weighted by Gasteiger charge is -2.38. The maximum absolute atomic E-state index is 5.97. The number of rotatable bonds is 5. The van der Waals surface area contributed by atoms with Crippen molar-refractivity contribution in [3.05, 3.63) is 59.1 Å². The number of benzene rings is 2. The van der Waals surface area contributed by atoms with Crippen LogP contribution in [0.2, 0.25) is 5.02 Å². The van der Waals surface area contributed by atoms with E-state index < -0.39 is 0 Å². The summed E-state index contributed by atoms with van der Waals surface area (Å²) in [5.41, 5.74) is 2.74. The number of halogens is 1. The standard InChI is InChI=1S/C20H25ClN2S/c1-15(2)16-3-7-18(8-4-16)23-12-11-22-13-19(23)14-24-20-9-5-17(21)6-10-20/h3-10,15,19,22H,11-14H2,1-2H3. The zero-order chi connectivity index (χ0) is 16.9. The van der Waals surface area contributed by atoms with Crippen LogP contribution in [0.5, 0.6) is 0 Å². The van der Waals surface area contributed by atoms with Gasteiger partial charge in [-0.15, -0.1) is 11.8 Å². The van der Waals surface area contributed by atoms with Gasteiger partial charge in [-0.25, -0.2) is 0 Å². The Balaban J connectivity index is 1.67. The second-order valence-electron chi connectivity index (χ2n) is 6.56. The molecular weight excluding hydrogens is 336 g/mol. The minimum atomic E-state index is 0.504. The van der Waals surface area contributed by atoms with Crippen molar-refractivity contribution in [2.75, 3.05) is 30.3 Å². The Morgan fingerprint density at radius 1 is 1.12 bits per heavy atom. The largest absolute Gasteiger partial charge is 0.365 e. The summed E-state index contributed by atoms with van der Waals surface area (Å²) in [5.74, 6) is 1.65. The molecule has 0 aromatic heterocycles. The molecule has 2 aromatic carbocycles. The van der Waals surface area contributed by atoms with E-state index >= 15 is 0 Å². The molecule has 3 rings (SSSR count). The van der Waals surface area contributed by atoms with E-state index in [1.807, 2.05) is 23.9 Å². The molecule has 1 aliphatic rings. The van der Waals surface area contributed by atoms with Crippen LogP contribution in [-0.4, -0.2) is 31.4 Å². The quantitative estimate of drug-likeness (QED) is 0.752. The van der Waals surface area contributed by atoms with Crippen LogP contribution < -0.4 is 10.2 Å². The van der Waals surface area contributed by atoms with Gasteiger partial charge in [-0.05, 0) is 47.9 Å². The highest BCUT2D eigenvalue weighted by Gasteiger charge is 2.22. The van der Waals surface area contributed by atoms with Gasteiger partial charge in [0, 0.05) is 41.0 Å². The molecule has 4 heteroatoms. The van der Waals surface area contributed by atoms with E-state index in [9.17, 15) is 0 Å². The fourth-order valence-electron chi connectivity index (χ4n) is 3.02. The summed E-state index contributed by atoms with van der Waals surface area (Å²) in [7, 11) is 0. The summed E-state index contributed by atoms with van der Waals surface area (Å²) in [6.45, 7) is 7.63. The van der Waals surface area contributed by atoms with Crippen LogP contribution in [0.3, 0.4) is 0 Å². The topological polar surface area (TPSA) is 15.3 Å². The lowest BCUT2D eigenvalue weighted by atomic mass is 10.0. The molecule has 1 aliphatic heterocycles. The molecule has 24 heavy (non-hydrogen) atoms. The molecule has 1 fully saturated rings. The summed E-state index contributed by atoms with van der Waals surface area (Å²) >= 11 is 7.87. The molecule has 1 heterocycles. The van der Waals surface area contributed by atoms with Gasteiger partial charge in [0.1, 0.15) is 0 Å². The molecular formula is C20H25ClN2S. The van der Waals surface area contributed by atoms with E-state index in [0.717, 1.165) is 30.4 Å². The number of anilines is 1. The fraction of sp³-hybridized carbons (Fsp3) is 0.400. The molecule has 0 aliphatic carbocycles. The Kier molecular flexibility index (Phi) is 6.09. The fourth-order valence-corrected chi connectivity index (χ4v) is 4.16. The first-order valence-electron chi connectivity index (χ1n) is 8.59. The van der Waals surface area contributed by atoms with Gasteiger partial charge in [0.05, 0.1) is 6.04 Å². The number of nitrogens with one attached hydrogen (secondary N) is 1. The molecule has 0 amide bonds. The zero-order valence-electron chi connectivity index (χ0n) is 14.3. The lowest BCUT2D eigenvalue weighted by Crippen LogP contribution is -2.52. The number of piperazine rings is 1. The average Bonchev–Trinajstić information content (AvgIpc) is 2.61. The van der Waals surface area contributed by atoms with Gasteiger partial charge in [-0.1, -0.05) is 37.6 Å². The number of hydrogen-bond acceptors (Lipinski definition) is 3. The Morgan fingerprint density at radius 3 is 2.50 bits per heavy atom. The van der Waals surface area contributed by atoms with Gasteiger partial charge < -0.3 is 10.2 Å². The second-order valence-corrected chi connectivity index (χ2v) is 8.09. The normalized spacial score (nSPS) is 18.2. The predicted molar refractivity (Wildman–Crippen MR) is 107 cm³/mol. The SMILES string of the molecule is CC(C)c1ccc(N2CCNCC2CSc2ccc(Cl)cc2)cc1. The van der Waals surface area contributed by atoms with Crippen LogP contribution in [0, 0.1) is 0 Å². The Labute approximate surface area is 154 Å². The number of nitrogens with zero attached hydrogens (tertiary/aromatic N) is 1. The Morgan fingerprint density at radius 2 is 1.83 bits per heavy atom. The molecule has 0 spiro atoms. The van der Waals surface area contributed by atoms with Crippen molar-refractivity contribution in [2.45, 2.75) is 30.7 Å². The van der Waals surface area contributed by atoms with Gasteiger partial charge in [0.15, 0.2) is 0 Å². The molecule has 2 aromatic rings. The summed E-state index contributed by atoms with van der Waals surface area (Å²) < 4.78 is 0. The monoisotopic (exact) mass is 360 g/mol. The van der Waals surface area contributed by atoms with E-state index in [1.54, 1.807) is 0 Å². The van der Waals surface area contributed by atoms with Crippen molar-refractivity contribution in [1.82, 2.24) is 5.32 Å². The van der Waals surface area contributed by atoms with Gasteiger partial charge in [-0.3, -0.25) is 0 Å². The van der Waals surface area contributed by atoms with E-state index in [1.165, 1.54) is 16.1 Å². The first-order chi connectivity index (χ1) is 11.6. The molecule has 1 atom stereocenters. The average molecular weight is 361 g/mol. The van der Waals surface area contributed by atoms with E-state index in [0.29, 0.717) is 12.0 Å². The molecule has 0 bridgehead atoms. The third-order valence-corrected chi connectivity index (χ3v) is 5.91. The molecule has 128 valence electrons. The lowest BCUT2D eigenvalue weighted by molar-refractivity contribution is 0.505. The minimum absolute atomic E-state index is 0.504. The number of hydrogen-bond donors (Lipinski definition) is 1. The van der Waals surface area contributed by atoms with Crippen molar-refractivity contribution in [3.8, 4) is 0 Å². The Hall–Kier alpha value is -1.16. The maximum atomic E-state index is 5.97.